The molecule has 1 aromatic carbocycles. The van der Waals surface area contributed by atoms with E-state index in [0.29, 0.717) is 5.75 Å². The highest BCUT2D eigenvalue weighted by molar-refractivity contribution is 5.98. The molecular formula is C14H17NO6. The van der Waals surface area contributed by atoms with Crippen molar-refractivity contribution in [2.45, 2.75) is 33.5 Å². The predicted molar refractivity (Wildman–Crippen MR) is 73.6 cm³/mol. The van der Waals surface area contributed by atoms with E-state index in [-0.39, 0.29) is 17.0 Å². The molecular weight excluding hydrogens is 278 g/mol. The van der Waals surface area contributed by atoms with Gasteiger partial charge in [-0.3, -0.25) is 10.1 Å². The van der Waals surface area contributed by atoms with Crippen LogP contribution in [-0.4, -0.2) is 23.8 Å². The average Bonchev–Trinajstić information content (AvgIpc) is 2.73. The monoisotopic (exact) mass is 295 g/mol. The van der Waals surface area contributed by atoms with E-state index in [0.717, 1.165) is 7.11 Å². The predicted octanol–water partition coefficient (Wildman–Crippen LogP) is 2.91. The molecule has 0 aromatic heterocycles. The molecule has 0 amide bonds. The van der Waals surface area contributed by atoms with E-state index in [1.807, 2.05) is 20.8 Å². The van der Waals surface area contributed by atoms with Crippen LogP contribution in [0.5, 0.6) is 11.5 Å². The molecule has 0 saturated heterocycles. The lowest BCUT2D eigenvalue weighted by molar-refractivity contribution is -0.385. The molecule has 0 fully saturated rings. The van der Waals surface area contributed by atoms with Crippen LogP contribution in [0.25, 0.3) is 0 Å². The summed E-state index contributed by atoms with van der Waals surface area (Å²) in [6.45, 7) is 7.45. The fourth-order valence-corrected chi connectivity index (χ4v) is 1.92. The minimum absolute atomic E-state index is 0.0495. The number of rotatable bonds is 2. The number of nitro groups is 1. The number of benzene rings is 1. The van der Waals surface area contributed by atoms with Gasteiger partial charge in [0.25, 0.3) is 11.5 Å². The number of carbonyl (C=O) groups is 1. The van der Waals surface area contributed by atoms with Crippen molar-refractivity contribution in [1.82, 2.24) is 0 Å². The van der Waals surface area contributed by atoms with Crippen LogP contribution >= 0.6 is 0 Å². The highest BCUT2D eigenvalue weighted by Crippen LogP contribution is 2.50. The number of esters is 1. The first-order valence-electron chi connectivity index (χ1n) is 6.38. The van der Waals surface area contributed by atoms with Crippen LogP contribution in [0, 0.1) is 15.5 Å². The van der Waals surface area contributed by atoms with Crippen molar-refractivity contribution in [1.29, 1.82) is 0 Å². The van der Waals surface area contributed by atoms with E-state index >= 15 is 0 Å². The molecule has 0 N–H and O–H groups in total. The summed E-state index contributed by atoms with van der Waals surface area (Å²) in [7, 11) is 1.16. The molecule has 1 aliphatic rings. The molecule has 0 bridgehead atoms. The van der Waals surface area contributed by atoms with Crippen molar-refractivity contribution in [3.05, 3.63) is 27.8 Å². The third-order valence-corrected chi connectivity index (χ3v) is 3.65. The first-order chi connectivity index (χ1) is 9.60. The second-order valence-electron chi connectivity index (χ2n) is 5.94. The number of ether oxygens (including phenoxy) is 3. The van der Waals surface area contributed by atoms with Crippen molar-refractivity contribution in [3.63, 3.8) is 0 Å². The summed E-state index contributed by atoms with van der Waals surface area (Å²) in [6, 6.07) is 2.64. The Bertz CT molecular complexity index is 619. The molecule has 7 heteroatoms. The van der Waals surface area contributed by atoms with Crippen LogP contribution in [0.4, 0.5) is 5.69 Å². The lowest BCUT2D eigenvalue weighted by atomic mass is 9.87. The van der Waals surface area contributed by atoms with Gasteiger partial charge >= 0.3 is 5.97 Å². The number of carbonyl (C=O) groups excluding carboxylic acids is 1. The van der Waals surface area contributed by atoms with Gasteiger partial charge in [0.2, 0.25) is 0 Å². The van der Waals surface area contributed by atoms with Crippen LogP contribution < -0.4 is 9.47 Å². The lowest BCUT2D eigenvalue weighted by Gasteiger charge is -2.35. The molecule has 1 aromatic rings. The molecule has 1 atom stereocenters. The highest BCUT2D eigenvalue weighted by Gasteiger charge is 2.49. The van der Waals surface area contributed by atoms with Gasteiger partial charge in [0.15, 0.2) is 17.1 Å². The average molecular weight is 295 g/mol. The Balaban J connectivity index is 2.62. The summed E-state index contributed by atoms with van der Waals surface area (Å²) in [6.07, 6.45) is 0. The summed E-state index contributed by atoms with van der Waals surface area (Å²) in [5, 5.41) is 11.1. The van der Waals surface area contributed by atoms with Crippen LogP contribution in [-0.2, 0) is 4.74 Å². The Hall–Kier alpha value is -2.31. The fraction of sp³-hybridized carbons (Fsp3) is 0.500. The summed E-state index contributed by atoms with van der Waals surface area (Å²) in [5.41, 5.74) is -1.01. The zero-order valence-electron chi connectivity index (χ0n) is 12.6. The molecule has 1 unspecified atom stereocenters. The Kier molecular flexibility index (Phi) is 3.31. The van der Waals surface area contributed by atoms with Gasteiger partial charge in [-0.1, -0.05) is 20.8 Å². The zero-order valence-corrected chi connectivity index (χ0v) is 12.6. The van der Waals surface area contributed by atoms with E-state index in [2.05, 4.69) is 4.74 Å². The summed E-state index contributed by atoms with van der Waals surface area (Å²) in [5.74, 6) is -1.53. The zero-order chi connectivity index (χ0) is 16.0. The van der Waals surface area contributed by atoms with Crippen molar-refractivity contribution >= 4 is 11.7 Å². The van der Waals surface area contributed by atoms with Gasteiger partial charge in [0.1, 0.15) is 0 Å². The summed E-state index contributed by atoms with van der Waals surface area (Å²) < 4.78 is 16.2. The summed E-state index contributed by atoms with van der Waals surface area (Å²) in [4.78, 5) is 22.3. The van der Waals surface area contributed by atoms with Crippen LogP contribution in [0.15, 0.2) is 12.1 Å². The first-order valence-corrected chi connectivity index (χ1v) is 6.38. The minimum atomic E-state index is -1.03. The second-order valence-corrected chi connectivity index (χ2v) is 5.94. The molecule has 0 saturated carbocycles. The lowest BCUT2D eigenvalue weighted by Crippen LogP contribution is -2.47. The third kappa shape index (κ3) is 2.28. The number of fused-ring (bicyclic) bond motifs is 1. The highest BCUT2D eigenvalue weighted by atomic mass is 16.7. The second kappa shape index (κ2) is 4.61. The van der Waals surface area contributed by atoms with Crippen molar-refractivity contribution < 1.29 is 23.9 Å². The maximum atomic E-state index is 11.9. The quantitative estimate of drug-likeness (QED) is 0.473. The van der Waals surface area contributed by atoms with Crippen molar-refractivity contribution in [3.8, 4) is 11.5 Å². The van der Waals surface area contributed by atoms with E-state index in [4.69, 9.17) is 9.47 Å². The largest absolute Gasteiger partial charge is 0.465 e. The number of nitrogens with zero attached hydrogens (tertiary/aromatic N) is 1. The molecule has 0 radical (unpaired) electrons. The maximum absolute atomic E-state index is 11.9. The van der Waals surface area contributed by atoms with Crippen LogP contribution in [0.2, 0.25) is 0 Å². The Morgan fingerprint density at radius 2 is 1.95 bits per heavy atom. The molecule has 114 valence electrons. The maximum Gasteiger partial charge on any atom is 0.348 e. The van der Waals surface area contributed by atoms with Gasteiger partial charge in [-0.15, -0.1) is 0 Å². The smallest absolute Gasteiger partial charge is 0.348 e. The number of hydrogen-bond acceptors (Lipinski definition) is 6. The topological polar surface area (TPSA) is 87.9 Å². The minimum Gasteiger partial charge on any atom is -0.465 e. The number of nitro benzene ring substituents is 1. The molecule has 7 nitrogen and oxygen atoms in total. The van der Waals surface area contributed by atoms with Crippen LogP contribution in [0.1, 0.15) is 38.1 Å². The molecule has 1 heterocycles. The van der Waals surface area contributed by atoms with E-state index in [9.17, 15) is 14.9 Å². The van der Waals surface area contributed by atoms with Crippen molar-refractivity contribution in [2.24, 2.45) is 5.41 Å². The van der Waals surface area contributed by atoms with Gasteiger partial charge in [-0.2, -0.15) is 0 Å². The Morgan fingerprint density at radius 3 is 2.43 bits per heavy atom. The standard InChI is InChI=1S/C14H17NO6/c1-13(2,3)14(4)20-9-7-6-8(15(17)18)10(11(9)21-14)12(16)19-5/h6-7H,1-5H3. The summed E-state index contributed by atoms with van der Waals surface area (Å²) >= 11 is 0. The van der Waals surface area contributed by atoms with E-state index in [1.54, 1.807) is 6.92 Å². The van der Waals surface area contributed by atoms with Gasteiger partial charge < -0.3 is 14.2 Å². The van der Waals surface area contributed by atoms with Gasteiger partial charge in [-0.05, 0) is 6.07 Å². The van der Waals surface area contributed by atoms with Crippen molar-refractivity contribution in [2.75, 3.05) is 7.11 Å². The first kappa shape index (κ1) is 15.1. The SMILES string of the molecule is COC(=O)c1c([N+](=O)[O-])ccc2c1OC(C)(C(C)(C)C)O2. The van der Waals surface area contributed by atoms with Gasteiger partial charge in [-0.25, -0.2) is 4.79 Å². The Morgan fingerprint density at radius 1 is 1.33 bits per heavy atom. The normalized spacial score (nSPS) is 20.2. The molecule has 1 aliphatic heterocycles. The van der Waals surface area contributed by atoms with E-state index in [1.165, 1.54) is 12.1 Å². The molecule has 0 aliphatic carbocycles. The molecule has 2 rings (SSSR count). The fourth-order valence-electron chi connectivity index (χ4n) is 1.92. The third-order valence-electron chi connectivity index (χ3n) is 3.65. The van der Waals surface area contributed by atoms with Crippen LogP contribution in [0.3, 0.4) is 0 Å². The van der Waals surface area contributed by atoms with E-state index < -0.39 is 22.1 Å². The number of methoxy groups -OCH3 is 1. The molecule has 21 heavy (non-hydrogen) atoms. The number of hydrogen-bond donors (Lipinski definition) is 0. The Labute approximate surface area is 122 Å². The molecule has 0 spiro atoms. The van der Waals surface area contributed by atoms with Gasteiger partial charge in [0, 0.05) is 18.4 Å². The van der Waals surface area contributed by atoms with Gasteiger partial charge in [0.05, 0.1) is 12.0 Å².